The van der Waals surface area contributed by atoms with Gasteiger partial charge in [0.15, 0.2) is 24.4 Å². The smallest absolute Gasteiger partial charge is 0.408 e. The molecule has 1 saturated heterocycles. The Morgan fingerprint density at radius 3 is 1.74 bits per heavy atom. The van der Waals surface area contributed by atoms with E-state index in [-0.39, 0.29) is 19.4 Å². The van der Waals surface area contributed by atoms with Crippen LogP contribution in [0.1, 0.15) is 61.3 Å². The van der Waals surface area contributed by atoms with E-state index in [1.54, 1.807) is 26.1 Å². The molecule has 0 aromatic rings. The summed E-state index contributed by atoms with van der Waals surface area (Å²) in [6, 6.07) is -2.55. The van der Waals surface area contributed by atoms with Crippen molar-refractivity contribution in [1.29, 1.82) is 0 Å². The maximum Gasteiger partial charge on any atom is 0.408 e. The molecular weight excluding hydrogens is 508 g/mol. The summed E-state index contributed by atoms with van der Waals surface area (Å²) in [6.07, 6.45) is -4.20. The van der Waals surface area contributed by atoms with Crippen LogP contribution in [0.25, 0.3) is 0 Å². The molecule has 1 heterocycles. The first-order valence-corrected chi connectivity index (χ1v) is 12.1. The Balaban J connectivity index is 3.31. The predicted octanol–water partition coefficient (Wildman–Crippen LogP) is -0.495. The predicted molar refractivity (Wildman–Crippen MR) is 127 cm³/mol. The summed E-state index contributed by atoms with van der Waals surface area (Å²) in [6.45, 7) is 9.44. The van der Waals surface area contributed by atoms with Gasteiger partial charge in [0, 0.05) is 34.1 Å². The number of nitrogens with two attached hydrogens (primary N) is 1. The first-order chi connectivity index (χ1) is 17.5. The number of carbonyl (C=O) groups is 6. The fourth-order valence-electron chi connectivity index (χ4n) is 4.05. The highest BCUT2D eigenvalue weighted by Crippen LogP contribution is 2.24. The van der Waals surface area contributed by atoms with Gasteiger partial charge >= 0.3 is 35.9 Å². The molecule has 38 heavy (non-hydrogen) atoms. The number of carbonyl (C=O) groups excluding carboxylic acids is 6. The summed E-state index contributed by atoms with van der Waals surface area (Å²) >= 11 is 0. The summed E-state index contributed by atoms with van der Waals surface area (Å²) in [7, 11) is 1.16. The van der Waals surface area contributed by atoms with Crippen molar-refractivity contribution in [3.8, 4) is 0 Å². The van der Waals surface area contributed by atoms with Crippen molar-refractivity contribution in [2.75, 3.05) is 13.7 Å². The lowest BCUT2D eigenvalue weighted by Crippen LogP contribution is -3.04. The second kappa shape index (κ2) is 14.5. The van der Waals surface area contributed by atoms with E-state index in [0.29, 0.717) is 0 Å². The maximum absolute atomic E-state index is 12.4. The number of nitrogens with one attached hydrogen (secondary N) is 1. The third kappa shape index (κ3) is 11.3. The van der Waals surface area contributed by atoms with E-state index in [4.69, 9.17) is 28.4 Å². The number of methoxy groups -OCH3 is 1. The summed E-state index contributed by atoms with van der Waals surface area (Å²) in [5.41, 5.74) is -0.810. The molecule has 1 rings (SSSR count). The van der Waals surface area contributed by atoms with Crippen LogP contribution in [-0.4, -0.2) is 91.7 Å². The van der Waals surface area contributed by atoms with Gasteiger partial charge in [-0.25, -0.2) is 9.59 Å². The monoisotopic (exact) mass is 547 g/mol. The van der Waals surface area contributed by atoms with E-state index in [1.165, 1.54) is 6.92 Å². The Bertz CT molecular complexity index is 884. The molecule has 0 saturated carbocycles. The number of hydrogen-bond acceptors (Lipinski definition) is 12. The maximum atomic E-state index is 12.4. The van der Waals surface area contributed by atoms with Gasteiger partial charge in [0.1, 0.15) is 24.3 Å². The van der Waals surface area contributed by atoms with Crippen molar-refractivity contribution < 1.29 is 62.5 Å². The third-order valence-corrected chi connectivity index (χ3v) is 5.34. The molecule has 14 nitrogen and oxygen atoms in total. The number of piperidine rings is 1. The van der Waals surface area contributed by atoms with Gasteiger partial charge in [-0.1, -0.05) is 0 Å². The van der Waals surface area contributed by atoms with E-state index in [2.05, 4.69) is 5.32 Å². The van der Waals surface area contributed by atoms with E-state index in [1.807, 2.05) is 0 Å². The van der Waals surface area contributed by atoms with Gasteiger partial charge in [0.25, 0.3) is 0 Å². The van der Waals surface area contributed by atoms with Gasteiger partial charge in [-0.15, -0.1) is 0 Å². The lowest BCUT2D eigenvalue weighted by Gasteiger charge is -2.42. The molecule has 1 amide bonds. The van der Waals surface area contributed by atoms with E-state index in [0.717, 1.165) is 27.9 Å². The van der Waals surface area contributed by atoms with Crippen LogP contribution in [0.3, 0.4) is 0 Å². The molecule has 6 atom stereocenters. The second-order valence-electron chi connectivity index (χ2n) is 9.84. The van der Waals surface area contributed by atoms with Crippen molar-refractivity contribution in [2.45, 2.75) is 103 Å². The molecular formula is C24H39N2O12+. The largest absolute Gasteiger partial charge is 0.467 e. The fraction of sp³-hybridized carbons (Fsp3) is 0.750. The number of alkyl carbamates (subject to hydrolysis) is 1. The highest BCUT2D eigenvalue weighted by Gasteiger charge is 2.54. The third-order valence-electron chi connectivity index (χ3n) is 5.34. The molecule has 0 aromatic heterocycles. The average molecular weight is 548 g/mol. The van der Waals surface area contributed by atoms with Gasteiger partial charge in [-0.2, -0.15) is 0 Å². The molecule has 0 aromatic carbocycles. The van der Waals surface area contributed by atoms with Gasteiger partial charge in [0.05, 0.1) is 7.11 Å². The Morgan fingerprint density at radius 1 is 0.789 bits per heavy atom. The molecule has 216 valence electrons. The van der Waals surface area contributed by atoms with E-state index < -0.39 is 78.0 Å². The number of esters is 5. The molecule has 3 N–H and O–H groups in total. The number of amides is 1. The normalized spacial score (nSPS) is 23.7. The van der Waals surface area contributed by atoms with Gasteiger partial charge < -0.3 is 39.1 Å². The Hall–Kier alpha value is -3.42. The van der Waals surface area contributed by atoms with Crippen LogP contribution >= 0.6 is 0 Å². The first kappa shape index (κ1) is 32.6. The van der Waals surface area contributed by atoms with Crippen molar-refractivity contribution >= 4 is 35.9 Å². The van der Waals surface area contributed by atoms with Crippen LogP contribution in [0.2, 0.25) is 0 Å². The van der Waals surface area contributed by atoms with Crippen LogP contribution in [0.4, 0.5) is 4.79 Å². The van der Waals surface area contributed by atoms with Crippen LogP contribution in [0.5, 0.6) is 0 Å². The van der Waals surface area contributed by atoms with Crippen molar-refractivity contribution in [1.82, 2.24) is 5.32 Å². The molecule has 1 aliphatic rings. The Labute approximate surface area is 221 Å². The number of hydrogen-bond donors (Lipinski definition) is 2. The molecule has 0 unspecified atom stereocenters. The summed E-state index contributed by atoms with van der Waals surface area (Å²) in [5.74, 6) is -3.44. The van der Waals surface area contributed by atoms with Gasteiger partial charge in [0.2, 0.25) is 0 Å². The Kier molecular flexibility index (Phi) is 12.4. The molecule has 1 fully saturated rings. The average Bonchev–Trinajstić information content (AvgIpc) is 2.75. The highest BCUT2D eigenvalue weighted by molar-refractivity contribution is 5.81. The Morgan fingerprint density at radius 2 is 1.29 bits per heavy atom. The quantitative estimate of drug-likeness (QED) is 0.264. The summed E-state index contributed by atoms with van der Waals surface area (Å²) in [5, 5.41) is 4.13. The van der Waals surface area contributed by atoms with Crippen molar-refractivity contribution in [2.24, 2.45) is 0 Å². The first-order valence-electron chi connectivity index (χ1n) is 12.1. The van der Waals surface area contributed by atoms with Crippen molar-refractivity contribution in [3.05, 3.63) is 0 Å². The molecule has 1 aliphatic heterocycles. The van der Waals surface area contributed by atoms with Crippen LogP contribution in [-0.2, 0) is 52.4 Å². The van der Waals surface area contributed by atoms with Crippen LogP contribution in [0.15, 0.2) is 0 Å². The summed E-state index contributed by atoms with van der Waals surface area (Å²) < 4.78 is 31.5. The zero-order valence-electron chi connectivity index (χ0n) is 23.1. The minimum Gasteiger partial charge on any atom is -0.467 e. The van der Waals surface area contributed by atoms with E-state index >= 15 is 0 Å². The standard InChI is InChI=1S/C24H38N2O12/c1-12(27)34-11-18-20(36-14(3)29)21(37-15(4)30)19(35-13(2)28)16(25-18)9-10-17(22(31)33-8)26-23(32)38-24(5,6)7/h16-21,25H,9-11H2,1-8H3,(H,26,32)/p+1/t16-,17+,18-,19+,20-,21-/m1/s1. The van der Waals surface area contributed by atoms with Gasteiger partial charge in [-0.3, -0.25) is 19.2 Å². The molecule has 14 heteroatoms. The minimum absolute atomic E-state index is 0.0101. The van der Waals surface area contributed by atoms with Gasteiger partial charge in [-0.05, 0) is 27.2 Å². The molecule has 0 bridgehead atoms. The highest BCUT2D eigenvalue weighted by atomic mass is 16.6. The molecule has 0 spiro atoms. The number of rotatable bonds is 10. The fourth-order valence-corrected chi connectivity index (χ4v) is 4.05. The SMILES string of the molecule is COC(=O)[C@H](CC[C@H]1[NH2+][C@H](COC(C)=O)[C@@H](OC(C)=O)[C@H](OC(C)=O)[C@H]1OC(C)=O)NC(=O)OC(C)(C)C. The van der Waals surface area contributed by atoms with E-state index in [9.17, 15) is 28.8 Å². The molecule has 0 aliphatic carbocycles. The number of ether oxygens (including phenoxy) is 6. The molecule has 0 radical (unpaired) electrons. The minimum atomic E-state index is -1.24. The number of quaternary nitrogens is 1. The van der Waals surface area contributed by atoms with Crippen LogP contribution < -0.4 is 10.6 Å². The second-order valence-corrected chi connectivity index (χ2v) is 9.84. The van der Waals surface area contributed by atoms with Crippen molar-refractivity contribution in [3.63, 3.8) is 0 Å². The zero-order chi connectivity index (χ0) is 29.2. The lowest BCUT2D eigenvalue weighted by molar-refractivity contribution is -0.748. The topological polar surface area (TPSA) is 186 Å². The lowest BCUT2D eigenvalue weighted by atomic mass is 9.86. The summed E-state index contributed by atoms with van der Waals surface area (Å²) in [4.78, 5) is 72.0. The van der Waals surface area contributed by atoms with Crippen LogP contribution in [0, 0.1) is 0 Å². The zero-order valence-corrected chi connectivity index (χ0v) is 23.1.